The van der Waals surface area contributed by atoms with Gasteiger partial charge in [-0.3, -0.25) is 0 Å². The lowest BCUT2D eigenvalue weighted by Gasteiger charge is -2.32. The summed E-state index contributed by atoms with van der Waals surface area (Å²) in [5, 5.41) is 0.218. The quantitative estimate of drug-likeness (QED) is 0.283. The van der Waals surface area contributed by atoms with E-state index in [0.717, 1.165) is 11.1 Å². The van der Waals surface area contributed by atoms with Crippen LogP contribution in [-0.4, -0.2) is 22.9 Å². The minimum Gasteiger partial charge on any atom is -0.399 e. The maximum absolute atomic E-state index is 9.39. The van der Waals surface area contributed by atoms with Gasteiger partial charge in [-0.05, 0) is 68.5 Å². The fourth-order valence-electron chi connectivity index (χ4n) is 4.32. The molecule has 168 valence electrons. The van der Waals surface area contributed by atoms with Crippen LogP contribution in [0.5, 0.6) is 0 Å². The highest BCUT2D eigenvalue weighted by Crippen LogP contribution is 2.37. The van der Waals surface area contributed by atoms with Crippen molar-refractivity contribution in [3.63, 3.8) is 0 Å². The van der Waals surface area contributed by atoms with Crippen LogP contribution < -0.4 is 5.46 Å². The van der Waals surface area contributed by atoms with E-state index in [4.69, 9.17) is 17.5 Å². The van der Waals surface area contributed by atoms with Crippen LogP contribution in [0.25, 0.3) is 38.6 Å². The first-order valence-corrected chi connectivity index (χ1v) is 11.3. The SMILES string of the molecule is [2H]c1c([2H])c([2H])c2c(c1[2H])c1c([2H])c([2H])c(B3OC(C)(C)C(C)(C)O3)c([2H])c1n2-c1cccc(-c2ccccc2)c1. The molecule has 34 heavy (non-hydrogen) atoms. The molecule has 1 aliphatic heterocycles. The van der Waals surface area contributed by atoms with Gasteiger partial charge in [-0.2, -0.15) is 0 Å². The zero-order valence-corrected chi connectivity index (χ0v) is 19.5. The molecule has 4 aromatic carbocycles. The van der Waals surface area contributed by atoms with E-state index < -0.39 is 30.4 Å². The largest absolute Gasteiger partial charge is 0.494 e. The zero-order chi connectivity index (χ0) is 29.6. The van der Waals surface area contributed by atoms with Crippen LogP contribution in [-0.2, 0) is 9.31 Å². The molecule has 1 aliphatic rings. The Morgan fingerprint density at radius 3 is 2.18 bits per heavy atom. The van der Waals surface area contributed by atoms with Gasteiger partial charge >= 0.3 is 7.12 Å². The Labute approximate surface area is 210 Å². The van der Waals surface area contributed by atoms with E-state index >= 15 is 0 Å². The summed E-state index contributed by atoms with van der Waals surface area (Å²) in [5.41, 5.74) is 1.32. The third-order valence-corrected chi connectivity index (χ3v) is 6.88. The van der Waals surface area contributed by atoms with Crippen molar-refractivity contribution in [1.82, 2.24) is 4.57 Å². The summed E-state index contributed by atoms with van der Waals surface area (Å²) >= 11 is 0. The summed E-state index contributed by atoms with van der Waals surface area (Å²) in [6.07, 6.45) is 0. The molecule has 5 aromatic rings. The van der Waals surface area contributed by atoms with Crippen LogP contribution in [0.3, 0.4) is 0 Å². The van der Waals surface area contributed by atoms with Crippen LogP contribution >= 0.6 is 0 Å². The molecule has 1 saturated heterocycles. The maximum atomic E-state index is 9.39. The molecule has 0 saturated carbocycles. The average Bonchev–Trinajstić information content (AvgIpc) is 3.41. The Morgan fingerprint density at radius 2 is 1.41 bits per heavy atom. The second kappa shape index (κ2) is 7.59. The number of para-hydroxylation sites is 1. The molecule has 0 spiro atoms. The molecule has 0 aliphatic carbocycles. The van der Waals surface area contributed by atoms with Crippen LogP contribution in [0.4, 0.5) is 0 Å². The predicted octanol–water partition coefficient (Wildman–Crippen LogP) is 6.75. The molecule has 0 unspecified atom stereocenters. The molecule has 1 fully saturated rings. The Morgan fingerprint density at radius 1 is 0.735 bits per heavy atom. The minimum absolute atomic E-state index is 0.0830. The summed E-state index contributed by atoms with van der Waals surface area (Å²) in [5.74, 6) is 0. The van der Waals surface area contributed by atoms with Gasteiger partial charge in [0, 0.05) is 16.5 Å². The molecule has 0 atom stereocenters. The van der Waals surface area contributed by atoms with E-state index in [-0.39, 0.29) is 57.5 Å². The van der Waals surface area contributed by atoms with Crippen molar-refractivity contribution in [2.75, 3.05) is 0 Å². The van der Waals surface area contributed by atoms with Gasteiger partial charge in [0.2, 0.25) is 0 Å². The van der Waals surface area contributed by atoms with E-state index in [2.05, 4.69) is 0 Å². The topological polar surface area (TPSA) is 23.4 Å². The molecule has 3 nitrogen and oxygen atoms in total. The van der Waals surface area contributed by atoms with Crippen LogP contribution in [0.15, 0.2) is 96.9 Å². The van der Waals surface area contributed by atoms with Gasteiger partial charge in [0.15, 0.2) is 0 Å². The molecule has 1 aromatic heterocycles. The van der Waals surface area contributed by atoms with Gasteiger partial charge in [-0.25, -0.2) is 0 Å². The van der Waals surface area contributed by atoms with Crippen LogP contribution in [0.2, 0.25) is 0 Å². The van der Waals surface area contributed by atoms with E-state index in [1.165, 1.54) is 0 Å². The third-order valence-electron chi connectivity index (χ3n) is 6.88. The van der Waals surface area contributed by atoms with Crippen LogP contribution in [0, 0.1) is 0 Å². The molecule has 0 radical (unpaired) electrons. The second-order valence-electron chi connectivity index (χ2n) is 9.58. The number of fused-ring (bicyclic) bond motifs is 3. The van der Waals surface area contributed by atoms with Crippen molar-refractivity contribution in [1.29, 1.82) is 0 Å². The fraction of sp³-hybridized carbons (Fsp3) is 0.200. The van der Waals surface area contributed by atoms with Crippen molar-refractivity contribution in [2.24, 2.45) is 0 Å². The molecule has 0 bridgehead atoms. The van der Waals surface area contributed by atoms with Crippen molar-refractivity contribution in [3.8, 4) is 16.8 Å². The molecule has 0 amide bonds. The van der Waals surface area contributed by atoms with E-state index in [1.807, 2.05) is 76.2 Å². The number of hydrogen-bond acceptors (Lipinski definition) is 2. The minimum atomic E-state index is -1.08. The molecular weight excluding hydrogens is 417 g/mol. The third kappa shape index (κ3) is 3.29. The monoisotopic (exact) mass is 452 g/mol. The van der Waals surface area contributed by atoms with Gasteiger partial charge in [-0.15, -0.1) is 0 Å². The van der Waals surface area contributed by atoms with Crippen molar-refractivity contribution in [2.45, 2.75) is 38.9 Å². The Kier molecular flexibility index (Phi) is 3.31. The lowest BCUT2D eigenvalue weighted by molar-refractivity contribution is 0.00578. The lowest BCUT2D eigenvalue weighted by atomic mass is 9.79. The number of aromatic nitrogens is 1. The summed E-state index contributed by atoms with van der Waals surface area (Å²) < 4.78 is 75.8. The van der Waals surface area contributed by atoms with Gasteiger partial charge in [0.05, 0.1) is 31.8 Å². The summed E-state index contributed by atoms with van der Waals surface area (Å²) in [6.45, 7) is 7.49. The lowest BCUT2D eigenvalue weighted by Crippen LogP contribution is -2.41. The number of benzene rings is 4. The van der Waals surface area contributed by atoms with Crippen molar-refractivity contribution >= 4 is 34.4 Å². The van der Waals surface area contributed by atoms with E-state index in [1.54, 1.807) is 10.6 Å². The Bertz CT molecular complexity index is 1870. The maximum Gasteiger partial charge on any atom is 0.494 e. The number of hydrogen-bond donors (Lipinski definition) is 0. The fourth-order valence-corrected chi connectivity index (χ4v) is 4.32. The summed E-state index contributed by atoms with van der Waals surface area (Å²) in [4.78, 5) is 0. The zero-order valence-electron chi connectivity index (χ0n) is 26.5. The highest BCUT2D eigenvalue weighted by Gasteiger charge is 2.51. The smallest absolute Gasteiger partial charge is 0.399 e. The first-order valence-electron chi connectivity index (χ1n) is 14.8. The number of rotatable bonds is 3. The van der Waals surface area contributed by atoms with Crippen molar-refractivity contribution < 1.29 is 18.9 Å². The number of nitrogens with zero attached hydrogens (tertiary/aromatic N) is 1. The Balaban J connectivity index is 1.77. The second-order valence-corrected chi connectivity index (χ2v) is 9.58. The van der Waals surface area contributed by atoms with Gasteiger partial charge in [0.25, 0.3) is 0 Å². The van der Waals surface area contributed by atoms with Gasteiger partial charge in [0.1, 0.15) is 0 Å². The highest BCUT2D eigenvalue weighted by molar-refractivity contribution is 6.62. The molecule has 6 rings (SSSR count). The first kappa shape index (κ1) is 14.8. The Hall–Kier alpha value is -3.34. The molecule has 2 heterocycles. The normalized spacial score (nSPS) is 19.9. The van der Waals surface area contributed by atoms with E-state index in [0.29, 0.717) is 5.69 Å². The highest BCUT2D eigenvalue weighted by atomic mass is 16.7. The molecule has 0 N–H and O–H groups in total. The standard InChI is InChI=1S/C30H28BNO2/c1-29(2)30(3,4)34-31(33-29)23-17-18-26-25-15-8-9-16-27(25)32(28(26)20-23)24-14-10-13-22(19-24)21-11-6-5-7-12-21/h5-20H,1-4H3/i8D,9D,15D,16D,17D,18D,20D. The molecular formula is C30H28BNO2. The van der Waals surface area contributed by atoms with Crippen molar-refractivity contribution in [3.05, 3.63) is 96.9 Å². The summed E-state index contributed by atoms with van der Waals surface area (Å²) in [7, 11) is -1.08. The van der Waals surface area contributed by atoms with Gasteiger partial charge in [-0.1, -0.05) is 72.7 Å². The van der Waals surface area contributed by atoms with Gasteiger partial charge < -0.3 is 13.9 Å². The summed E-state index contributed by atoms with van der Waals surface area (Å²) in [6, 6.07) is 15.1. The van der Waals surface area contributed by atoms with E-state index in [9.17, 15) is 1.37 Å². The van der Waals surface area contributed by atoms with Crippen LogP contribution in [0.1, 0.15) is 37.3 Å². The predicted molar refractivity (Wildman–Crippen MR) is 142 cm³/mol. The first-order chi connectivity index (χ1) is 19.3. The molecule has 4 heteroatoms. The average molecular weight is 452 g/mol.